The molecule has 1 amide bonds. The predicted molar refractivity (Wildman–Crippen MR) is 85.9 cm³/mol. The molecule has 0 radical (unpaired) electrons. The van der Waals surface area contributed by atoms with Crippen LogP contribution in [0.4, 0.5) is 10.1 Å². The zero-order valence-electron chi connectivity index (χ0n) is 12.6. The molecule has 122 valence electrons. The van der Waals surface area contributed by atoms with E-state index in [2.05, 4.69) is 5.32 Å². The molecule has 3 rings (SSSR count). The van der Waals surface area contributed by atoms with E-state index in [0.29, 0.717) is 17.0 Å². The maximum atomic E-state index is 13.0. The molecule has 2 aromatic rings. The zero-order valence-corrected chi connectivity index (χ0v) is 12.6. The largest absolute Gasteiger partial charge is 0.488 e. The Kier molecular flexibility index (Phi) is 4.56. The standard InChI is InChI=1S/C18H14FNO4/c19-14-5-3-6-15(9-14)20-17(21)11-24-18(22)13-8-12-4-1-2-7-16(12)23-10-13/h1-9H,10-11H2,(H,20,21). The number of para-hydroxylation sites is 1. The molecule has 0 unspecified atom stereocenters. The number of ether oxygens (including phenoxy) is 2. The van der Waals surface area contributed by atoms with Gasteiger partial charge in [0, 0.05) is 11.3 Å². The lowest BCUT2D eigenvalue weighted by Crippen LogP contribution is -2.23. The number of esters is 1. The van der Waals surface area contributed by atoms with Crippen molar-refractivity contribution in [1.82, 2.24) is 0 Å². The van der Waals surface area contributed by atoms with Crippen molar-refractivity contribution in [2.24, 2.45) is 0 Å². The Bertz CT molecular complexity index is 816. The van der Waals surface area contributed by atoms with Crippen molar-refractivity contribution < 1.29 is 23.5 Å². The second-order valence-corrected chi connectivity index (χ2v) is 5.13. The summed E-state index contributed by atoms with van der Waals surface area (Å²) in [6, 6.07) is 12.7. The minimum absolute atomic E-state index is 0.0847. The van der Waals surface area contributed by atoms with Crippen molar-refractivity contribution >= 4 is 23.6 Å². The maximum Gasteiger partial charge on any atom is 0.338 e. The van der Waals surface area contributed by atoms with Crippen LogP contribution in [0.1, 0.15) is 5.56 Å². The van der Waals surface area contributed by atoms with Gasteiger partial charge in [0.15, 0.2) is 6.61 Å². The SMILES string of the molecule is O=C(COC(=O)C1=Cc2ccccc2OC1)Nc1cccc(F)c1. The van der Waals surface area contributed by atoms with E-state index in [1.54, 1.807) is 12.1 Å². The highest BCUT2D eigenvalue weighted by molar-refractivity contribution is 5.98. The molecule has 0 spiro atoms. The first-order valence-corrected chi connectivity index (χ1v) is 7.27. The topological polar surface area (TPSA) is 64.6 Å². The molecule has 0 aliphatic carbocycles. The molecule has 1 aliphatic rings. The van der Waals surface area contributed by atoms with Crippen molar-refractivity contribution in [3.05, 3.63) is 65.5 Å². The van der Waals surface area contributed by atoms with Crippen LogP contribution < -0.4 is 10.1 Å². The predicted octanol–water partition coefficient (Wildman–Crippen LogP) is 2.78. The lowest BCUT2D eigenvalue weighted by Gasteiger charge is -2.16. The minimum atomic E-state index is -0.626. The molecule has 5 nitrogen and oxygen atoms in total. The van der Waals surface area contributed by atoms with E-state index in [1.807, 2.05) is 18.2 Å². The van der Waals surface area contributed by atoms with Gasteiger partial charge in [0.2, 0.25) is 0 Å². The molecule has 6 heteroatoms. The van der Waals surface area contributed by atoms with Gasteiger partial charge in [0.25, 0.3) is 5.91 Å². The summed E-state index contributed by atoms with van der Waals surface area (Å²) in [6.45, 7) is -0.379. The smallest absolute Gasteiger partial charge is 0.338 e. The molecule has 0 atom stereocenters. The van der Waals surface area contributed by atoms with Crippen LogP contribution in [0.3, 0.4) is 0 Å². The van der Waals surface area contributed by atoms with Gasteiger partial charge in [-0.3, -0.25) is 4.79 Å². The van der Waals surface area contributed by atoms with E-state index in [4.69, 9.17) is 9.47 Å². The van der Waals surface area contributed by atoms with E-state index >= 15 is 0 Å². The quantitative estimate of drug-likeness (QED) is 0.877. The van der Waals surface area contributed by atoms with Crippen LogP contribution in [0, 0.1) is 5.82 Å². The fourth-order valence-corrected chi connectivity index (χ4v) is 2.22. The van der Waals surface area contributed by atoms with Crippen LogP contribution in [0.15, 0.2) is 54.1 Å². The lowest BCUT2D eigenvalue weighted by molar-refractivity contribution is -0.143. The van der Waals surface area contributed by atoms with Gasteiger partial charge in [-0.25, -0.2) is 9.18 Å². The average molecular weight is 327 g/mol. The summed E-state index contributed by atoms with van der Waals surface area (Å²) in [6.07, 6.45) is 1.67. The van der Waals surface area contributed by atoms with Gasteiger partial charge in [-0.1, -0.05) is 24.3 Å². The average Bonchev–Trinajstić information content (AvgIpc) is 2.59. The van der Waals surface area contributed by atoms with Crippen LogP contribution in [0.25, 0.3) is 6.08 Å². The molecule has 0 saturated heterocycles. The van der Waals surface area contributed by atoms with Crippen LogP contribution in [-0.2, 0) is 14.3 Å². The number of carbonyl (C=O) groups excluding carboxylic acids is 2. The first-order chi connectivity index (χ1) is 11.6. The second kappa shape index (κ2) is 6.95. The summed E-state index contributed by atoms with van der Waals surface area (Å²) in [4.78, 5) is 23.8. The number of anilines is 1. The number of carbonyl (C=O) groups is 2. The molecular formula is C18H14FNO4. The summed E-state index contributed by atoms with van der Waals surface area (Å²) < 4.78 is 23.5. The maximum absolute atomic E-state index is 13.0. The molecular weight excluding hydrogens is 313 g/mol. The fraction of sp³-hybridized carbons (Fsp3) is 0.111. The Morgan fingerprint density at radius 2 is 2.00 bits per heavy atom. The summed E-state index contributed by atoms with van der Waals surface area (Å²) in [5.41, 5.74) is 1.40. The number of hydrogen-bond acceptors (Lipinski definition) is 4. The Labute approximate surface area is 137 Å². The third kappa shape index (κ3) is 3.78. The van der Waals surface area contributed by atoms with Gasteiger partial charge in [-0.05, 0) is 30.3 Å². The van der Waals surface area contributed by atoms with Gasteiger partial charge in [-0.2, -0.15) is 0 Å². The minimum Gasteiger partial charge on any atom is -0.488 e. The van der Waals surface area contributed by atoms with Crippen LogP contribution in [0.2, 0.25) is 0 Å². The van der Waals surface area contributed by atoms with E-state index < -0.39 is 24.3 Å². The third-order valence-electron chi connectivity index (χ3n) is 3.34. The van der Waals surface area contributed by atoms with Crippen LogP contribution in [0.5, 0.6) is 5.75 Å². The summed E-state index contributed by atoms with van der Waals surface area (Å²) in [5, 5.41) is 2.45. The molecule has 24 heavy (non-hydrogen) atoms. The Balaban J connectivity index is 1.56. The highest BCUT2D eigenvalue weighted by atomic mass is 19.1. The van der Waals surface area contributed by atoms with E-state index in [1.165, 1.54) is 24.3 Å². The van der Waals surface area contributed by atoms with Crippen molar-refractivity contribution in [3.8, 4) is 5.75 Å². The molecule has 0 saturated carbocycles. The number of hydrogen-bond donors (Lipinski definition) is 1. The van der Waals surface area contributed by atoms with E-state index in [-0.39, 0.29) is 6.61 Å². The molecule has 0 fully saturated rings. The molecule has 1 N–H and O–H groups in total. The molecule has 2 aromatic carbocycles. The Morgan fingerprint density at radius 1 is 1.17 bits per heavy atom. The van der Waals surface area contributed by atoms with Crippen LogP contribution >= 0.6 is 0 Å². The second-order valence-electron chi connectivity index (χ2n) is 5.13. The van der Waals surface area contributed by atoms with E-state index in [0.717, 1.165) is 5.56 Å². The Morgan fingerprint density at radius 3 is 2.83 bits per heavy atom. The molecule has 1 heterocycles. The Hall–Kier alpha value is -3.15. The summed E-state index contributed by atoms with van der Waals surface area (Å²) in [5.74, 6) is -0.948. The zero-order chi connectivity index (χ0) is 16.9. The van der Waals surface area contributed by atoms with Crippen molar-refractivity contribution in [1.29, 1.82) is 0 Å². The number of halogens is 1. The first-order valence-electron chi connectivity index (χ1n) is 7.27. The number of fused-ring (bicyclic) bond motifs is 1. The van der Waals surface area contributed by atoms with Crippen molar-refractivity contribution in [3.63, 3.8) is 0 Å². The highest BCUT2D eigenvalue weighted by Crippen LogP contribution is 2.26. The summed E-state index contributed by atoms with van der Waals surface area (Å²) >= 11 is 0. The van der Waals surface area contributed by atoms with Crippen molar-refractivity contribution in [2.45, 2.75) is 0 Å². The van der Waals surface area contributed by atoms with Crippen LogP contribution in [-0.4, -0.2) is 25.1 Å². The van der Waals surface area contributed by atoms with Gasteiger partial charge in [0.1, 0.15) is 18.2 Å². The monoisotopic (exact) mass is 327 g/mol. The van der Waals surface area contributed by atoms with E-state index in [9.17, 15) is 14.0 Å². The number of nitrogens with one attached hydrogen (secondary N) is 1. The summed E-state index contributed by atoms with van der Waals surface area (Å²) in [7, 11) is 0. The molecule has 0 aromatic heterocycles. The van der Waals surface area contributed by atoms with Gasteiger partial charge >= 0.3 is 5.97 Å². The van der Waals surface area contributed by atoms with Crippen molar-refractivity contribution in [2.75, 3.05) is 18.5 Å². The number of benzene rings is 2. The molecule has 1 aliphatic heterocycles. The van der Waals surface area contributed by atoms with Gasteiger partial charge in [-0.15, -0.1) is 0 Å². The lowest BCUT2D eigenvalue weighted by atomic mass is 10.1. The number of amides is 1. The van der Waals surface area contributed by atoms with Gasteiger partial charge < -0.3 is 14.8 Å². The molecule has 0 bridgehead atoms. The third-order valence-corrected chi connectivity index (χ3v) is 3.34. The number of rotatable bonds is 4. The fourth-order valence-electron chi connectivity index (χ4n) is 2.22. The normalized spacial score (nSPS) is 12.5. The van der Waals surface area contributed by atoms with Gasteiger partial charge in [0.05, 0.1) is 5.57 Å². The highest BCUT2D eigenvalue weighted by Gasteiger charge is 2.19. The first kappa shape index (κ1) is 15.7.